The van der Waals surface area contributed by atoms with E-state index in [1.807, 2.05) is 13.0 Å². The van der Waals surface area contributed by atoms with E-state index in [1.54, 1.807) is 43.3 Å². The number of hydrogen-bond acceptors (Lipinski definition) is 4. The summed E-state index contributed by atoms with van der Waals surface area (Å²) in [5.74, 6) is -0.238. The zero-order chi connectivity index (χ0) is 19.0. The summed E-state index contributed by atoms with van der Waals surface area (Å²) in [5, 5.41) is 2.80. The summed E-state index contributed by atoms with van der Waals surface area (Å²) < 4.78 is 32.4. The van der Waals surface area contributed by atoms with E-state index in [0.29, 0.717) is 43.0 Å². The van der Waals surface area contributed by atoms with Crippen LogP contribution in [0.4, 0.5) is 5.69 Å². The first-order valence-electron chi connectivity index (χ1n) is 8.48. The molecule has 1 amide bonds. The molecule has 0 saturated carbocycles. The zero-order valence-corrected chi connectivity index (χ0v) is 15.8. The predicted molar refractivity (Wildman–Crippen MR) is 102 cm³/mol. The molecule has 7 heteroatoms. The van der Waals surface area contributed by atoms with E-state index in [-0.39, 0.29) is 10.8 Å². The van der Waals surface area contributed by atoms with Gasteiger partial charge in [-0.3, -0.25) is 4.79 Å². The molecule has 0 unspecified atom stereocenters. The fourth-order valence-electron chi connectivity index (χ4n) is 2.34. The molecule has 0 fully saturated rings. The van der Waals surface area contributed by atoms with Crippen LogP contribution in [0.15, 0.2) is 53.4 Å². The van der Waals surface area contributed by atoms with E-state index >= 15 is 0 Å². The molecule has 0 aromatic heterocycles. The molecule has 140 valence electrons. The Bertz CT molecular complexity index is 836. The highest BCUT2D eigenvalue weighted by Gasteiger charge is 2.15. The highest BCUT2D eigenvalue weighted by Crippen LogP contribution is 2.20. The maximum atomic E-state index is 12.3. The summed E-state index contributed by atoms with van der Waals surface area (Å²) in [6.45, 7) is 5.10. The minimum absolute atomic E-state index is 0.170. The molecule has 0 spiro atoms. The molecule has 2 N–H and O–H groups in total. The van der Waals surface area contributed by atoms with Gasteiger partial charge >= 0.3 is 0 Å². The van der Waals surface area contributed by atoms with Crippen molar-refractivity contribution >= 4 is 21.6 Å². The number of sulfonamides is 1. The summed E-state index contributed by atoms with van der Waals surface area (Å²) in [7, 11) is -3.59. The summed E-state index contributed by atoms with van der Waals surface area (Å²) in [6.07, 6.45) is 0.608. The summed E-state index contributed by atoms with van der Waals surface area (Å²) in [5.41, 5.74) is 1.79. The van der Waals surface area contributed by atoms with Crippen molar-refractivity contribution in [2.75, 3.05) is 25.1 Å². The van der Waals surface area contributed by atoms with Crippen molar-refractivity contribution < 1.29 is 17.9 Å². The Morgan fingerprint density at radius 1 is 1.12 bits per heavy atom. The monoisotopic (exact) mass is 376 g/mol. The normalized spacial score (nSPS) is 11.3. The number of rotatable bonds is 9. The van der Waals surface area contributed by atoms with Crippen LogP contribution < -0.4 is 10.0 Å². The van der Waals surface area contributed by atoms with Crippen LogP contribution in [-0.2, 0) is 14.8 Å². The standard InChI is InChI=1S/C19H24N2O4S/c1-3-25-13-7-12-20-26(23,24)17-10-11-18(15(2)14-17)21-19(22)16-8-5-4-6-9-16/h4-6,8-11,14,20H,3,7,12-13H2,1-2H3,(H,21,22). The van der Waals surface area contributed by atoms with Gasteiger partial charge in [0.2, 0.25) is 10.0 Å². The Hall–Kier alpha value is -2.22. The Labute approximate surface area is 154 Å². The summed E-state index contributed by atoms with van der Waals surface area (Å²) >= 11 is 0. The second-order valence-electron chi connectivity index (χ2n) is 5.75. The van der Waals surface area contributed by atoms with Crippen molar-refractivity contribution in [2.45, 2.75) is 25.2 Å². The number of benzene rings is 2. The number of ether oxygens (including phenoxy) is 1. The van der Waals surface area contributed by atoms with Gasteiger partial charge in [-0.2, -0.15) is 0 Å². The molecule has 6 nitrogen and oxygen atoms in total. The van der Waals surface area contributed by atoms with Gasteiger partial charge in [-0.25, -0.2) is 13.1 Å². The lowest BCUT2D eigenvalue weighted by atomic mass is 10.1. The van der Waals surface area contributed by atoms with E-state index in [2.05, 4.69) is 10.0 Å². The summed E-state index contributed by atoms with van der Waals surface area (Å²) in [4.78, 5) is 12.4. The molecule has 2 aromatic carbocycles. The van der Waals surface area contributed by atoms with Crippen LogP contribution in [-0.4, -0.2) is 34.1 Å². The van der Waals surface area contributed by atoms with Gasteiger partial charge in [0.05, 0.1) is 4.90 Å². The molecule has 26 heavy (non-hydrogen) atoms. The molecule has 0 aliphatic rings. The van der Waals surface area contributed by atoms with Gasteiger partial charge in [-0.15, -0.1) is 0 Å². The third-order valence-electron chi connectivity index (χ3n) is 3.75. The number of amides is 1. The van der Waals surface area contributed by atoms with Crippen molar-refractivity contribution in [2.24, 2.45) is 0 Å². The molecular weight excluding hydrogens is 352 g/mol. The van der Waals surface area contributed by atoms with Gasteiger partial charge in [-0.05, 0) is 56.2 Å². The van der Waals surface area contributed by atoms with Gasteiger partial charge in [0.1, 0.15) is 0 Å². The van der Waals surface area contributed by atoms with Crippen LogP contribution in [0.1, 0.15) is 29.3 Å². The molecule has 0 bridgehead atoms. The molecule has 2 aromatic rings. The lowest BCUT2D eigenvalue weighted by molar-refractivity contribution is 0.102. The number of carbonyl (C=O) groups is 1. The Balaban J connectivity index is 2.03. The third kappa shape index (κ3) is 5.66. The maximum absolute atomic E-state index is 12.3. The largest absolute Gasteiger partial charge is 0.382 e. The Kier molecular flexibility index (Phi) is 7.32. The van der Waals surface area contributed by atoms with E-state index in [0.717, 1.165) is 0 Å². The van der Waals surface area contributed by atoms with Gasteiger partial charge < -0.3 is 10.1 Å². The number of nitrogens with one attached hydrogen (secondary N) is 2. The van der Waals surface area contributed by atoms with Crippen LogP contribution in [0, 0.1) is 6.92 Å². The minimum Gasteiger partial charge on any atom is -0.382 e. The van der Waals surface area contributed by atoms with E-state index in [4.69, 9.17) is 4.74 Å². The molecule has 0 heterocycles. The molecular formula is C19H24N2O4S. The van der Waals surface area contributed by atoms with Crippen LogP contribution >= 0.6 is 0 Å². The SMILES string of the molecule is CCOCCCNS(=O)(=O)c1ccc(NC(=O)c2ccccc2)c(C)c1. The lowest BCUT2D eigenvalue weighted by Crippen LogP contribution is -2.25. The molecule has 0 saturated heterocycles. The maximum Gasteiger partial charge on any atom is 0.255 e. The fourth-order valence-corrected chi connectivity index (χ4v) is 3.49. The van der Waals surface area contributed by atoms with Crippen LogP contribution in [0.5, 0.6) is 0 Å². The van der Waals surface area contributed by atoms with Gasteiger partial charge in [-0.1, -0.05) is 18.2 Å². The molecule has 0 aliphatic heterocycles. The molecule has 0 aliphatic carbocycles. The lowest BCUT2D eigenvalue weighted by Gasteiger charge is -2.11. The minimum atomic E-state index is -3.59. The van der Waals surface area contributed by atoms with Gasteiger partial charge in [0.15, 0.2) is 0 Å². The number of hydrogen-bond donors (Lipinski definition) is 2. The van der Waals surface area contributed by atoms with Crippen molar-refractivity contribution in [3.05, 3.63) is 59.7 Å². The molecule has 0 radical (unpaired) electrons. The van der Waals surface area contributed by atoms with Crippen LogP contribution in [0.3, 0.4) is 0 Å². The first kappa shape index (κ1) is 20.1. The van der Waals surface area contributed by atoms with Crippen molar-refractivity contribution in [3.63, 3.8) is 0 Å². The molecule has 2 rings (SSSR count). The quantitative estimate of drug-likeness (QED) is 0.659. The second-order valence-corrected chi connectivity index (χ2v) is 7.51. The first-order valence-corrected chi connectivity index (χ1v) is 9.97. The predicted octanol–water partition coefficient (Wildman–Crippen LogP) is 2.95. The van der Waals surface area contributed by atoms with Crippen molar-refractivity contribution in [1.82, 2.24) is 4.72 Å². The van der Waals surface area contributed by atoms with Gasteiger partial charge in [0.25, 0.3) is 5.91 Å². The highest BCUT2D eigenvalue weighted by molar-refractivity contribution is 7.89. The number of aryl methyl sites for hydroxylation is 1. The number of anilines is 1. The first-order chi connectivity index (χ1) is 12.4. The Morgan fingerprint density at radius 3 is 2.50 bits per heavy atom. The fraction of sp³-hybridized carbons (Fsp3) is 0.316. The van der Waals surface area contributed by atoms with E-state index in [1.165, 1.54) is 6.07 Å². The average molecular weight is 376 g/mol. The Morgan fingerprint density at radius 2 is 1.85 bits per heavy atom. The average Bonchev–Trinajstić information content (AvgIpc) is 2.63. The van der Waals surface area contributed by atoms with E-state index < -0.39 is 10.0 Å². The highest BCUT2D eigenvalue weighted by atomic mass is 32.2. The topological polar surface area (TPSA) is 84.5 Å². The third-order valence-corrected chi connectivity index (χ3v) is 5.21. The van der Waals surface area contributed by atoms with Crippen molar-refractivity contribution in [1.29, 1.82) is 0 Å². The van der Waals surface area contributed by atoms with Crippen LogP contribution in [0.2, 0.25) is 0 Å². The second kappa shape index (κ2) is 9.47. The van der Waals surface area contributed by atoms with Gasteiger partial charge in [0, 0.05) is 31.0 Å². The summed E-state index contributed by atoms with van der Waals surface area (Å²) in [6, 6.07) is 13.5. The zero-order valence-electron chi connectivity index (χ0n) is 15.0. The molecule has 0 atom stereocenters. The number of carbonyl (C=O) groups excluding carboxylic acids is 1. The van der Waals surface area contributed by atoms with Crippen LogP contribution in [0.25, 0.3) is 0 Å². The smallest absolute Gasteiger partial charge is 0.255 e. The van der Waals surface area contributed by atoms with Crippen molar-refractivity contribution in [3.8, 4) is 0 Å². The van der Waals surface area contributed by atoms with E-state index in [9.17, 15) is 13.2 Å².